The van der Waals surface area contributed by atoms with Gasteiger partial charge in [0.25, 0.3) is 0 Å². The molecule has 2 aliphatic rings. The Morgan fingerprint density at radius 3 is 2.93 bits per heavy atom. The Balaban J connectivity index is 1.75. The van der Waals surface area contributed by atoms with E-state index in [1.165, 1.54) is 25.7 Å². The fourth-order valence-electron chi connectivity index (χ4n) is 1.93. The SMILES string of the molecule is CNC1(c2cn(CC3CC3)nn2)CC1. The highest BCUT2D eigenvalue weighted by Crippen LogP contribution is 2.44. The number of hydrogen-bond acceptors (Lipinski definition) is 3. The summed E-state index contributed by atoms with van der Waals surface area (Å²) in [4.78, 5) is 0. The van der Waals surface area contributed by atoms with Crippen molar-refractivity contribution in [3.63, 3.8) is 0 Å². The number of rotatable bonds is 4. The summed E-state index contributed by atoms with van der Waals surface area (Å²) in [6, 6.07) is 0. The Labute approximate surface area is 83.7 Å². The van der Waals surface area contributed by atoms with Crippen LogP contribution in [-0.4, -0.2) is 22.0 Å². The van der Waals surface area contributed by atoms with Crippen molar-refractivity contribution < 1.29 is 0 Å². The summed E-state index contributed by atoms with van der Waals surface area (Å²) >= 11 is 0. The van der Waals surface area contributed by atoms with Gasteiger partial charge in [0.05, 0.1) is 11.7 Å². The van der Waals surface area contributed by atoms with Crippen molar-refractivity contribution in [2.45, 2.75) is 37.8 Å². The van der Waals surface area contributed by atoms with Crippen molar-refractivity contribution in [3.8, 4) is 0 Å². The molecule has 0 atom stereocenters. The molecule has 1 N–H and O–H groups in total. The molecule has 2 saturated carbocycles. The Hall–Kier alpha value is -0.900. The lowest BCUT2D eigenvalue weighted by molar-refractivity contribution is 0.543. The maximum absolute atomic E-state index is 4.25. The van der Waals surface area contributed by atoms with Gasteiger partial charge < -0.3 is 5.32 Å². The van der Waals surface area contributed by atoms with Crippen molar-refractivity contribution >= 4 is 0 Å². The van der Waals surface area contributed by atoms with Crippen molar-refractivity contribution in [2.24, 2.45) is 5.92 Å². The van der Waals surface area contributed by atoms with Crippen LogP contribution in [0.25, 0.3) is 0 Å². The first-order valence-electron chi connectivity index (χ1n) is 5.42. The van der Waals surface area contributed by atoms with E-state index in [9.17, 15) is 0 Å². The van der Waals surface area contributed by atoms with E-state index in [4.69, 9.17) is 0 Å². The minimum absolute atomic E-state index is 0.168. The monoisotopic (exact) mass is 192 g/mol. The Morgan fingerprint density at radius 2 is 2.36 bits per heavy atom. The highest BCUT2D eigenvalue weighted by molar-refractivity contribution is 5.19. The zero-order valence-electron chi connectivity index (χ0n) is 8.53. The maximum Gasteiger partial charge on any atom is 0.103 e. The largest absolute Gasteiger partial charge is 0.309 e. The van der Waals surface area contributed by atoms with Gasteiger partial charge in [-0.3, -0.25) is 4.68 Å². The molecule has 2 aliphatic carbocycles. The highest BCUT2D eigenvalue weighted by Gasteiger charge is 2.45. The van der Waals surface area contributed by atoms with Gasteiger partial charge >= 0.3 is 0 Å². The maximum atomic E-state index is 4.25. The number of nitrogens with one attached hydrogen (secondary N) is 1. The summed E-state index contributed by atoms with van der Waals surface area (Å²) in [5.41, 5.74) is 1.29. The molecule has 4 nitrogen and oxygen atoms in total. The van der Waals surface area contributed by atoms with Gasteiger partial charge in [0.2, 0.25) is 0 Å². The summed E-state index contributed by atoms with van der Waals surface area (Å²) in [6.45, 7) is 1.06. The van der Waals surface area contributed by atoms with E-state index in [-0.39, 0.29) is 5.54 Å². The molecule has 0 saturated heterocycles. The van der Waals surface area contributed by atoms with Gasteiger partial charge in [-0.25, -0.2) is 0 Å². The van der Waals surface area contributed by atoms with Crippen molar-refractivity contribution in [1.29, 1.82) is 0 Å². The Bertz CT molecular complexity index is 336. The van der Waals surface area contributed by atoms with Gasteiger partial charge in [-0.1, -0.05) is 5.21 Å². The highest BCUT2D eigenvalue weighted by atomic mass is 15.4. The lowest BCUT2D eigenvalue weighted by atomic mass is 10.2. The van der Waals surface area contributed by atoms with Crippen LogP contribution in [0, 0.1) is 5.92 Å². The van der Waals surface area contributed by atoms with Gasteiger partial charge in [0.1, 0.15) is 5.69 Å². The van der Waals surface area contributed by atoms with Crippen molar-refractivity contribution in [1.82, 2.24) is 20.3 Å². The molecule has 0 aliphatic heterocycles. The van der Waals surface area contributed by atoms with Gasteiger partial charge in [-0.15, -0.1) is 5.10 Å². The molecule has 3 rings (SSSR count). The van der Waals surface area contributed by atoms with E-state index in [1.54, 1.807) is 0 Å². The zero-order valence-corrected chi connectivity index (χ0v) is 8.53. The molecule has 76 valence electrons. The van der Waals surface area contributed by atoms with E-state index in [2.05, 4.69) is 21.8 Å². The van der Waals surface area contributed by atoms with E-state index >= 15 is 0 Å². The second-order valence-electron chi connectivity index (χ2n) is 4.60. The molecular formula is C10H16N4. The molecule has 14 heavy (non-hydrogen) atoms. The second kappa shape index (κ2) is 2.79. The number of hydrogen-bond donors (Lipinski definition) is 1. The van der Waals surface area contributed by atoms with Gasteiger partial charge in [0.15, 0.2) is 0 Å². The topological polar surface area (TPSA) is 42.7 Å². The van der Waals surface area contributed by atoms with E-state index in [0.29, 0.717) is 0 Å². The summed E-state index contributed by atoms with van der Waals surface area (Å²) in [7, 11) is 2.01. The van der Waals surface area contributed by atoms with Crippen molar-refractivity contribution in [2.75, 3.05) is 7.05 Å². The van der Waals surface area contributed by atoms with Crippen LogP contribution in [0.3, 0.4) is 0 Å². The first-order chi connectivity index (χ1) is 6.82. The van der Waals surface area contributed by atoms with E-state index in [0.717, 1.165) is 18.2 Å². The number of nitrogens with zero attached hydrogens (tertiary/aromatic N) is 3. The first-order valence-corrected chi connectivity index (χ1v) is 5.42. The molecule has 0 bridgehead atoms. The van der Waals surface area contributed by atoms with Crippen molar-refractivity contribution in [3.05, 3.63) is 11.9 Å². The van der Waals surface area contributed by atoms with Crippen LogP contribution >= 0.6 is 0 Å². The summed E-state index contributed by atoms with van der Waals surface area (Å²) in [6.07, 6.45) is 7.25. The summed E-state index contributed by atoms with van der Waals surface area (Å²) in [5.74, 6) is 0.870. The molecule has 4 heteroatoms. The minimum Gasteiger partial charge on any atom is -0.309 e. The molecule has 1 aromatic heterocycles. The Kier molecular flexibility index (Phi) is 1.68. The normalized spacial score (nSPS) is 23.8. The molecule has 1 heterocycles. The predicted molar refractivity (Wildman–Crippen MR) is 52.7 cm³/mol. The predicted octanol–water partition coefficient (Wildman–Crippen LogP) is 0.897. The molecular weight excluding hydrogens is 176 g/mol. The first kappa shape index (κ1) is 8.41. The van der Waals surface area contributed by atoms with Crippen LogP contribution in [0.4, 0.5) is 0 Å². The lowest BCUT2D eigenvalue weighted by Crippen LogP contribution is -2.24. The molecule has 1 aromatic rings. The van der Waals surface area contributed by atoms with E-state index < -0.39 is 0 Å². The average Bonchev–Trinajstić information content (AvgIpc) is 3.08. The van der Waals surface area contributed by atoms with Crippen LogP contribution in [-0.2, 0) is 12.1 Å². The molecule has 2 fully saturated rings. The second-order valence-corrected chi connectivity index (χ2v) is 4.60. The lowest BCUT2D eigenvalue weighted by Gasteiger charge is -2.08. The number of aromatic nitrogens is 3. The van der Waals surface area contributed by atoms with Crippen LogP contribution in [0.1, 0.15) is 31.4 Å². The molecule has 0 amide bonds. The Morgan fingerprint density at radius 1 is 1.57 bits per heavy atom. The van der Waals surface area contributed by atoms with Crippen LogP contribution in [0.2, 0.25) is 0 Å². The molecule has 0 aromatic carbocycles. The quantitative estimate of drug-likeness (QED) is 0.770. The fraction of sp³-hybridized carbons (Fsp3) is 0.800. The van der Waals surface area contributed by atoms with E-state index in [1.807, 2.05) is 11.7 Å². The third-order valence-corrected chi connectivity index (χ3v) is 3.40. The van der Waals surface area contributed by atoms with Gasteiger partial charge in [-0.05, 0) is 38.6 Å². The standard InChI is InChI=1S/C10H16N4/c1-11-10(4-5-10)9-7-14(13-12-9)6-8-2-3-8/h7-8,11H,2-6H2,1H3. The minimum atomic E-state index is 0.168. The van der Waals surface area contributed by atoms with Crippen LogP contribution in [0.15, 0.2) is 6.20 Å². The third-order valence-electron chi connectivity index (χ3n) is 3.40. The van der Waals surface area contributed by atoms with Crippen LogP contribution in [0.5, 0.6) is 0 Å². The molecule has 0 unspecified atom stereocenters. The van der Waals surface area contributed by atoms with Gasteiger partial charge in [-0.2, -0.15) is 0 Å². The smallest absolute Gasteiger partial charge is 0.103 e. The van der Waals surface area contributed by atoms with Gasteiger partial charge in [0, 0.05) is 6.54 Å². The fourth-order valence-corrected chi connectivity index (χ4v) is 1.93. The average molecular weight is 192 g/mol. The summed E-state index contributed by atoms with van der Waals surface area (Å²) in [5, 5.41) is 11.8. The zero-order chi connectivity index (χ0) is 9.60. The van der Waals surface area contributed by atoms with Crippen LogP contribution < -0.4 is 5.32 Å². The molecule has 0 radical (unpaired) electrons. The molecule has 0 spiro atoms. The third kappa shape index (κ3) is 1.34. The summed E-state index contributed by atoms with van der Waals surface area (Å²) < 4.78 is 2.00.